The molecule has 184 valence electrons. The first-order valence-electron chi connectivity index (χ1n) is 12.8. The zero-order valence-electron chi connectivity index (χ0n) is 20.2. The van der Waals surface area contributed by atoms with Crippen molar-refractivity contribution in [1.29, 1.82) is 0 Å². The van der Waals surface area contributed by atoms with E-state index in [9.17, 15) is 18.8 Å². The van der Waals surface area contributed by atoms with Crippen molar-refractivity contribution in [3.05, 3.63) is 61.7 Å². The fourth-order valence-corrected chi connectivity index (χ4v) is 6.36. The van der Waals surface area contributed by atoms with E-state index in [-0.39, 0.29) is 41.8 Å². The second-order valence-electron chi connectivity index (χ2n) is 10.5. The van der Waals surface area contributed by atoms with Gasteiger partial charge in [-0.2, -0.15) is 0 Å². The van der Waals surface area contributed by atoms with E-state index < -0.39 is 5.92 Å². The Bertz CT molecular complexity index is 1590. The number of rotatable bonds is 3. The fourth-order valence-electron chi connectivity index (χ4n) is 6.36. The average Bonchev–Trinajstić information content (AvgIpc) is 3.65. The van der Waals surface area contributed by atoms with Gasteiger partial charge in [-0.25, -0.2) is 9.37 Å². The normalized spacial score (nSPS) is 21.6. The molecule has 1 N–H and O–H groups in total. The van der Waals surface area contributed by atoms with Crippen LogP contribution in [0, 0.1) is 18.7 Å². The van der Waals surface area contributed by atoms with Gasteiger partial charge < -0.3 is 14.6 Å². The highest BCUT2D eigenvalue weighted by Gasteiger charge is 2.39. The van der Waals surface area contributed by atoms with Crippen molar-refractivity contribution < 1.29 is 18.7 Å². The molecule has 0 bridgehead atoms. The summed E-state index contributed by atoms with van der Waals surface area (Å²) in [5.41, 5.74) is 6.23. The van der Waals surface area contributed by atoms with E-state index in [2.05, 4.69) is 5.32 Å². The quantitative estimate of drug-likeness (QED) is 0.442. The maximum Gasteiger partial charge on any atom is 0.313 e. The molecule has 8 heteroatoms. The van der Waals surface area contributed by atoms with Crippen LogP contribution in [0.15, 0.2) is 16.9 Å². The summed E-state index contributed by atoms with van der Waals surface area (Å²) in [5.74, 6) is -0.981. The number of hydrogen-bond acceptors (Lipinski definition) is 5. The van der Waals surface area contributed by atoms with Gasteiger partial charge in [-0.1, -0.05) is 6.92 Å². The summed E-state index contributed by atoms with van der Waals surface area (Å²) in [6, 6.07) is 3.14. The van der Waals surface area contributed by atoms with Gasteiger partial charge in [0.2, 0.25) is 5.91 Å². The number of esters is 1. The number of nitrogens with one attached hydrogen (secondary N) is 1. The van der Waals surface area contributed by atoms with Gasteiger partial charge >= 0.3 is 5.97 Å². The Kier molecular flexibility index (Phi) is 4.51. The molecule has 2 aliphatic carbocycles. The Morgan fingerprint density at radius 1 is 1.19 bits per heavy atom. The van der Waals surface area contributed by atoms with E-state index in [1.165, 1.54) is 6.07 Å². The van der Waals surface area contributed by atoms with Gasteiger partial charge in [0.25, 0.3) is 5.56 Å². The molecule has 7 rings (SSSR count). The van der Waals surface area contributed by atoms with Crippen molar-refractivity contribution in [2.24, 2.45) is 5.92 Å². The number of carbonyl (C=O) groups excluding carboxylic acids is 2. The van der Waals surface area contributed by atoms with Crippen molar-refractivity contribution >= 4 is 22.8 Å². The number of hydrogen-bond donors (Lipinski definition) is 1. The van der Waals surface area contributed by atoms with Gasteiger partial charge in [-0.15, -0.1) is 0 Å². The average molecular weight is 488 g/mol. The van der Waals surface area contributed by atoms with Gasteiger partial charge in [0.1, 0.15) is 12.4 Å². The topological polar surface area (TPSA) is 90.3 Å². The zero-order chi connectivity index (χ0) is 24.9. The van der Waals surface area contributed by atoms with Gasteiger partial charge in [0.05, 0.1) is 41.0 Å². The summed E-state index contributed by atoms with van der Waals surface area (Å²) in [7, 11) is 0. The van der Waals surface area contributed by atoms with E-state index in [4.69, 9.17) is 9.72 Å². The summed E-state index contributed by atoms with van der Waals surface area (Å²) in [6.07, 6.45) is 3.68. The monoisotopic (exact) mass is 487 g/mol. The molecule has 1 amide bonds. The molecule has 7 nitrogen and oxygen atoms in total. The Morgan fingerprint density at radius 3 is 2.75 bits per heavy atom. The fraction of sp³-hybridized carbons (Fsp3) is 0.429. The molecular formula is C28H26FN3O4. The van der Waals surface area contributed by atoms with Crippen LogP contribution in [0.5, 0.6) is 0 Å². The maximum atomic E-state index is 14.9. The van der Waals surface area contributed by atoms with Crippen molar-refractivity contribution in [1.82, 2.24) is 14.9 Å². The molecule has 1 aromatic carbocycles. The maximum absolute atomic E-state index is 14.9. The van der Waals surface area contributed by atoms with Crippen LogP contribution >= 0.6 is 0 Å². The number of nitrogens with zero attached hydrogens (tertiary/aromatic N) is 2. The molecule has 1 saturated carbocycles. The molecule has 3 aromatic rings. The molecule has 0 radical (unpaired) electrons. The Labute approximate surface area is 206 Å². The highest BCUT2D eigenvalue weighted by Crippen LogP contribution is 2.46. The van der Waals surface area contributed by atoms with Crippen molar-refractivity contribution in [2.45, 2.75) is 71.1 Å². The van der Waals surface area contributed by atoms with Crippen LogP contribution < -0.4 is 10.9 Å². The summed E-state index contributed by atoms with van der Waals surface area (Å²) >= 11 is 0. The van der Waals surface area contributed by atoms with Crippen molar-refractivity contribution in [3.8, 4) is 11.4 Å². The van der Waals surface area contributed by atoms with E-state index in [1.54, 1.807) is 11.5 Å². The van der Waals surface area contributed by atoms with E-state index in [0.29, 0.717) is 59.4 Å². The SMILES string of the molecule is CCC1C(=O)OCc2c1cc1n(c2=O)Cc2c-1nc1cc(F)c(C)c3c1c2C(NC(=O)C1CC1)CC3. The number of ether oxygens (including phenoxy) is 1. The molecular weight excluding hydrogens is 461 g/mol. The number of halogens is 1. The number of aryl methyl sites for hydroxylation is 1. The van der Waals surface area contributed by atoms with Crippen molar-refractivity contribution in [2.75, 3.05) is 0 Å². The van der Waals surface area contributed by atoms with E-state index in [0.717, 1.165) is 34.9 Å². The third-order valence-corrected chi connectivity index (χ3v) is 8.46. The minimum Gasteiger partial charge on any atom is -0.460 e. The van der Waals surface area contributed by atoms with Crippen LogP contribution in [-0.2, 0) is 33.9 Å². The largest absolute Gasteiger partial charge is 0.460 e. The minimum atomic E-state index is -0.493. The second-order valence-corrected chi connectivity index (χ2v) is 10.5. The first-order chi connectivity index (χ1) is 17.4. The molecule has 2 aliphatic heterocycles. The molecule has 2 unspecified atom stereocenters. The molecule has 4 heterocycles. The molecule has 4 aliphatic rings. The number of fused-ring (bicyclic) bond motifs is 5. The second kappa shape index (κ2) is 7.48. The van der Waals surface area contributed by atoms with Gasteiger partial charge in [-0.05, 0) is 67.3 Å². The molecule has 1 fully saturated rings. The molecule has 0 saturated heterocycles. The molecule has 36 heavy (non-hydrogen) atoms. The van der Waals surface area contributed by atoms with Crippen LogP contribution in [0.3, 0.4) is 0 Å². The first-order valence-corrected chi connectivity index (χ1v) is 12.8. The first kappa shape index (κ1) is 21.7. The smallest absolute Gasteiger partial charge is 0.313 e. The summed E-state index contributed by atoms with van der Waals surface area (Å²) < 4.78 is 21.9. The highest BCUT2D eigenvalue weighted by atomic mass is 19.1. The Morgan fingerprint density at radius 2 is 2.00 bits per heavy atom. The van der Waals surface area contributed by atoms with Gasteiger partial charge in [-0.3, -0.25) is 14.4 Å². The van der Waals surface area contributed by atoms with Crippen LogP contribution in [0.1, 0.15) is 77.9 Å². The number of cyclic esters (lactones) is 1. The lowest BCUT2D eigenvalue weighted by Gasteiger charge is -2.29. The van der Waals surface area contributed by atoms with Crippen molar-refractivity contribution in [3.63, 3.8) is 0 Å². The minimum absolute atomic E-state index is 0.0307. The van der Waals surface area contributed by atoms with Crippen LogP contribution in [0.4, 0.5) is 4.39 Å². The lowest BCUT2D eigenvalue weighted by molar-refractivity contribution is -0.148. The van der Waals surface area contributed by atoms with Gasteiger partial charge in [0, 0.05) is 22.9 Å². The predicted octanol–water partition coefficient (Wildman–Crippen LogP) is 3.94. The Hall–Kier alpha value is -3.55. The Balaban J connectivity index is 1.49. The third-order valence-electron chi connectivity index (χ3n) is 8.46. The molecule has 0 spiro atoms. The lowest BCUT2D eigenvalue weighted by Crippen LogP contribution is -2.33. The third kappa shape index (κ3) is 2.90. The standard InChI is InChI=1S/C28H26FN3O4/c1-3-14-16-8-22-25-17(10-32(22)27(34)18(16)11-36-28(14)35)24-20(31-26(33)13-4-5-13)7-6-15-12(2)19(29)9-21(30-25)23(15)24/h8-9,13-14,20H,3-7,10-11H2,1-2H3,(H,31,33). The van der Waals surface area contributed by atoms with Crippen LogP contribution in [0.25, 0.3) is 22.3 Å². The van der Waals surface area contributed by atoms with Crippen LogP contribution in [-0.4, -0.2) is 21.4 Å². The predicted molar refractivity (Wildman–Crippen MR) is 130 cm³/mol. The van der Waals surface area contributed by atoms with E-state index >= 15 is 0 Å². The van der Waals surface area contributed by atoms with Gasteiger partial charge in [0.15, 0.2) is 0 Å². The lowest BCUT2D eigenvalue weighted by atomic mass is 9.81. The molecule has 2 aromatic heterocycles. The summed E-state index contributed by atoms with van der Waals surface area (Å²) in [6.45, 7) is 3.98. The van der Waals surface area contributed by atoms with Crippen LogP contribution in [0.2, 0.25) is 0 Å². The molecule has 2 atom stereocenters. The number of carbonyl (C=O) groups is 2. The van der Waals surface area contributed by atoms with E-state index in [1.807, 2.05) is 13.0 Å². The number of amides is 1. The summed E-state index contributed by atoms with van der Waals surface area (Å²) in [5, 5.41) is 4.15. The number of aromatic nitrogens is 2. The highest BCUT2D eigenvalue weighted by molar-refractivity contribution is 5.94. The number of benzene rings is 1. The summed E-state index contributed by atoms with van der Waals surface area (Å²) in [4.78, 5) is 43.7. The number of pyridine rings is 2. The zero-order valence-corrected chi connectivity index (χ0v) is 20.2.